The third-order valence-electron chi connectivity index (χ3n) is 3.97. The van der Waals surface area contributed by atoms with E-state index in [9.17, 15) is 0 Å². The Bertz CT molecular complexity index is 761. The van der Waals surface area contributed by atoms with Crippen LogP contribution in [0.1, 0.15) is 37.6 Å². The van der Waals surface area contributed by atoms with Gasteiger partial charge in [-0.05, 0) is 36.2 Å². The zero-order valence-corrected chi connectivity index (χ0v) is 13.7. The van der Waals surface area contributed by atoms with E-state index in [0.29, 0.717) is 0 Å². The number of aryl methyl sites for hydroxylation is 1. The largest absolute Gasteiger partial charge is 0.323 e. The summed E-state index contributed by atoms with van der Waals surface area (Å²) in [6.45, 7) is 3.05. The van der Waals surface area contributed by atoms with Gasteiger partial charge in [0.2, 0.25) is 0 Å². The summed E-state index contributed by atoms with van der Waals surface area (Å²) in [4.78, 5) is 4.83. The van der Waals surface area contributed by atoms with Gasteiger partial charge in [0, 0.05) is 18.0 Å². The van der Waals surface area contributed by atoms with Gasteiger partial charge in [-0.2, -0.15) is 0 Å². The first-order valence-electron chi connectivity index (χ1n) is 7.96. The van der Waals surface area contributed by atoms with E-state index in [-0.39, 0.29) is 0 Å². The Kier molecular flexibility index (Phi) is 4.79. The Balaban J connectivity index is 1.96. The number of unbranched alkanes of at least 4 members (excludes halogenated alkanes) is 2. The third-order valence-corrected chi connectivity index (χ3v) is 4.20. The number of benzene rings is 2. The summed E-state index contributed by atoms with van der Waals surface area (Å²) in [7, 11) is 0. The van der Waals surface area contributed by atoms with Crippen LogP contribution in [0.15, 0.2) is 48.5 Å². The summed E-state index contributed by atoms with van der Waals surface area (Å²) in [5, 5.41) is 0.787. The molecule has 1 aromatic heterocycles. The molecule has 0 aliphatic heterocycles. The van der Waals surface area contributed by atoms with Crippen LogP contribution in [-0.4, -0.2) is 9.55 Å². The minimum absolute atomic E-state index is 0.787. The number of imidazole rings is 1. The lowest BCUT2D eigenvalue weighted by Gasteiger charge is -2.10. The van der Waals surface area contributed by atoms with Gasteiger partial charge < -0.3 is 4.57 Å². The molecule has 0 bridgehead atoms. The van der Waals surface area contributed by atoms with Gasteiger partial charge in [-0.15, -0.1) is 0 Å². The van der Waals surface area contributed by atoms with E-state index in [1.807, 2.05) is 18.2 Å². The first kappa shape index (κ1) is 15.1. The predicted octanol–water partition coefficient (Wildman–Crippen LogP) is 5.47. The van der Waals surface area contributed by atoms with Gasteiger partial charge in [0.05, 0.1) is 11.0 Å². The predicted molar refractivity (Wildman–Crippen MR) is 93.5 cm³/mol. The van der Waals surface area contributed by atoms with Crippen molar-refractivity contribution < 1.29 is 0 Å². The van der Waals surface area contributed by atoms with Gasteiger partial charge >= 0.3 is 0 Å². The SMILES string of the molecule is CCCCCc1nc2ccccc2n1Cc1cccc(Cl)c1. The first-order valence-corrected chi connectivity index (χ1v) is 8.34. The van der Waals surface area contributed by atoms with Gasteiger partial charge in [-0.3, -0.25) is 0 Å². The standard InChI is InChI=1S/C19H21ClN2/c1-2-3-4-12-19-21-17-10-5-6-11-18(17)22(19)14-15-8-7-9-16(20)13-15/h5-11,13H,2-4,12,14H2,1H3. The summed E-state index contributed by atoms with van der Waals surface area (Å²) in [5.74, 6) is 1.18. The van der Waals surface area contributed by atoms with E-state index in [1.165, 1.54) is 36.2 Å². The van der Waals surface area contributed by atoms with Crippen LogP contribution in [-0.2, 0) is 13.0 Å². The van der Waals surface area contributed by atoms with E-state index in [1.54, 1.807) is 0 Å². The minimum Gasteiger partial charge on any atom is -0.323 e. The van der Waals surface area contributed by atoms with Crippen LogP contribution < -0.4 is 0 Å². The number of rotatable bonds is 6. The summed E-state index contributed by atoms with van der Waals surface area (Å²) in [6, 6.07) is 16.4. The molecular formula is C19H21ClN2. The lowest BCUT2D eigenvalue weighted by Crippen LogP contribution is -2.05. The Morgan fingerprint density at radius 2 is 1.91 bits per heavy atom. The lowest BCUT2D eigenvalue weighted by atomic mass is 10.2. The fourth-order valence-corrected chi connectivity index (χ4v) is 3.06. The summed E-state index contributed by atoms with van der Waals surface area (Å²) in [5.41, 5.74) is 3.50. The smallest absolute Gasteiger partial charge is 0.110 e. The minimum atomic E-state index is 0.787. The Labute approximate surface area is 136 Å². The molecule has 2 aromatic carbocycles. The van der Waals surface area contributed by atoms with Gasteiger partial charge in [0.25, 0.3) is 0 Å². The van der Waals surface area contributed by atoms with E-state index >= 15 is 0 Å². The van der Waals surface area contributed by atoms with Gasteiger partial charge in [-0.25, -0.2) is 4.98 Å². The first-order chi connectivity index (χ1) is 10.8. The second-order valence-electron chi connectivity index (χ2n) is 5.69. The fourth-order valence-electron chi connectivity index (χ4n) is 2.84. The Morgan fingerprint density at radius 3 is 2.73 bits per heavy atom. The van der Waals surface area contributed by atoms with Crippen LogP contribution in [0.2, 0.25) is 5.02 Å². The van der Waals surface area contributed by atoms with E-state index in [4.69, 9.17) is 16.6 Å². The summed E-state index contributed by atoms with van der Waals surface area (Å²) < 4.78 is 2.33. The highest BCUT2D eigenvalue weighted by Gasteiger charge is 2.10. The van der Waals surface area contributed by atoms with Crippen molar-refractivity contribution in [2.75, 3.05) is 0 Å². The van der Waals surface area contributed by atoms with E-state index in [2.05, 4.69) is 41.8 Å². The third kappa shape index (κ3) is 3.33. The molecule has 2 nitrogen and oxygen atoms in total. The summed E-state index contributed by atoms with van der Waals surface area (Å²) >= 11 is 6.12. The number of fused-ring (bicyclic) bond motifs is 1. The molecule has 114 valence electrons. The molecule has 0 atom stereocenters. The van der Waals surface area contributed by atoms with Gasteiger partial charge in [0.15, 0.2) is 0 Å². The van der Waals surface area contributed by atoms with Crippen molar-refractivity contribution in [1.82, 2.24) is 9.55 Å². The molecule has 0 saturated carbocycles. The van der Waals surface area contributed by atoms with Crippen molar-refractivity contribution in [3.05, 3.63) is 64.9 Å². The van der Waals surface area contributed by atoms with Crippen molar-refractivity contribution in [3.63, 3.8) is 0 Å². The van der Waals surface area contributed by atoms with E-state index in [0.717, 1.165) is 23.5 Å². The molecule has 0 N–H and O–H groups in total. The number of para-hydroxylation sites is 2. The molecule has 1 heterocycles. The molecule has 0 unspecified atom stereocenters. The number of nitrogens with zero attached hydrogens (tertiary/aromatic N) is 2. The Morgan fingerprint density at radius 1 is 1.05 bits per heavy atom. The second kappa shape index (κ2) is 6.97. The molecule has 0 aliphatic rings. The molecule has 0 radical (unpaired) electrons. The molecule has 0 aliphatic carbocycles. The van der Waals surface area contributed by atoms with Gasteiger partial charge in [-0.1, -0.05) is 55.6 Å². The van der Waals surface area contributed by atoms with Crippen LogP contribution in [0.25, 0.3) is 11.0 Å². The van der Waals surface area contributed by atoms with E-state index < -0.39 is 0 Å². The van der Waals surface area contributed by atoms with Crippen LogP contribution >= 0.6 is 11.6 Å². The van der Waals surface area contributed by atoms with Crippen LogP contribution in [0.4, 0.5) is 0 Å². The van der Waals surface area contributed by atoms with Crippen LogP contribution in [0.3, 0.4) is 0 Å². The number of aromatic nitrogens is 2. The maximum atomic E-state index is 6.12. The molecule has 0 amide bonds. The van der Waals surface area contributed by atoms with Crippen molar-refractivity contribution in [3.8, 4) is 0 Å². The molecule has 3 aromatic rings. The zero-order chi connectivity index (χ0) is 15.4. The maximum Gasteiger partial charge on any atom is 0.110 e. The average molecular weight is 313 g/mol. The van der Waals surface area contributed by atoms with Crippen molar-refractivity contribution in [2.24, 2.45) is 0 Å². The molecular weight excluding hydrogens is 292 g/mol. The number of halogens is 1. The topological polar surface area (TPSA) is 17.8 Å². The summed E-state index contributed by atoms with van der Waals surface area (Å²) in [6.07, 6.45) is 4.70. The fraction of sp³-hybridized carbons (Fsp3) is 0.316. The van der Waals surface area contributed by atoms with Gasteiger partial charge in [0.1, 0.15) is 5.82 Å². The second-order valence-corrected chi connectivity index (χ2v) is 6.13. The molecule has 3 rings (SSSR count). The monoisotopic (exact) mass is 312 g/mol. The molecule has 3 heteroatoms. The molecule has 22 heavy (non-hydrogen) atoms. The van der Waals surface area contributed by atoms with Crippen LogP contribution in [0.5, 0.6) is 0 Å². The normalized spacial score (nSPS) is 11.2. The Hall–Kier alpha value is -1.80. The molecule has 0 saturated heterocycles. The highest BCUT2D eigenvalue weighted by Crippen LogP contribution is 2.20. The molecule has 0 fully saturated rings. The number of hydrogen-bond donors (Lipinski definition) is 0. The highest BCUT2D eigenvalue weighted by atomic mass is 35.5. The zero-order valence-electron chi connectivity index (χ0n) is 12.9. The van der Waals surface area contributed by atoms with Crippen LogP contribution in [0, 0.1) is 0 Å². The molecule has 0 spiro atoms. The average Bonchev–Trinajstić information content (AvgIpc) is 2.86. The number of hydrogen-bond acceptors (Lipinski definition) is 1. The van der Waals surface area contributed by atoms with Crippen molar-refractivity contribution in [1.29, 1.82) is 0 Å². The lowest BCUT2D eigenvalue weighted by molar-refractivity contribution is 0.659. The van der Waals surface area contributed by atoms with Crippen molar-refractivity contribution >= 4 is 22.6 Å². The maximum absolute atomic E-state index is 6.12. The van der Waals surface area contributed by atoms with Crippen molar-refractivity contribution in [2.45, 2.75) is 39.2 Å². The highest BCUT2D eigenvalue weighted by molar-refractivity contribution is 6.30. The quantitative estimate of drug-likeness (QED) is 0.552.